The van der Waals surface area contributed by atoms with E-state index in [1.807, 2.05) is 12.3 Å². The molecule has 0 aromatic carbocycles. The largest absolute Gasteiger partial charge is 0.354 e. The van der Waals surface area contributed by atoms with Gasteiger partial charge in [0.15, 0.2) is 0 Å². The third-order valence-electron chi connectivity index (χ3n) is 6.40. The molecule has 0 spiro atoms. The van der Waals surface area contributed by atoms with Gasteiger partial charge in [-0.05, 0) is 43.7 Å². The zero-order chi connectivity index (χ0) is 17.8. The Labute approximate surface area is 157 Å². The van der Waals surface area contributed by atoms with E-state index in [0.717, 1.165) is 64.5 Å². The molecule has 1 atom stereocenters. The maximum absolute atomic E-state index is 12.7. The van der Waals surface area contributed by atoms with Gasteiger partial charge in [-0.1, -0.05) is 18.9 Å². The second-order valence-electron chi connectivity index (χ2n) is 8.25. The first-order valence-electron chi connectivity index (χ1n) is 10.5. The van der Waals surface area contributed by atoms with Gasteiger partial charge >= 0.3 is 0 Å². The maximum atomic E-state index is 12.7. The molecule has 1 aromatic rings. The first kappa shape index (κ1) is 17.8. The number of hydrogen-bond donors (Lipinski definition) is 0. The zero-order valence-electron chi connectivity index (χ0n) is 15.9. The number of piperidine rings is 1. The molecule has 1 aliphatic carbocycles. The van der Waals surface area contributed by atoms with Crippen molar-refractivity contribution in [3.05, 3.63) is 24.4 Å². The van der Waals surface area contributed by atoms with Gasteiger partial charge in [0.1, 0.15) is 5.82 Å². The minimum Gasteiger partial charge on any atom is -0.354 e. The molecular formula is C21H32N4O. The standard InChI is InChI=1S/C21H32N4O/c26-21(19-7-1-2-8-19)25-11-5-6-18(17-25)16-23-12-14-24(15-13-23)20-9-3-4-10-22-20/h3-4,9-10,18-19H,1-2,5-8,11-17H2. The fourth-order valence-electron chi connectivity index (χ4n) is 4.91. The molecule has 1 saturated carbocycles. The van der Waals surface area contributed by atoms with E-state index in [1.54, 1.807) is 0 Å². The molecule has 1 amide bonds. The van der Waals surface area contributed by atoms with Crippen LogP contribution in [0.3, 0.4) is 0 Å². The fourth-order valence-corrected chi connectivity index (χ4v) is 4.91. The smallest absolute Gasteiger partial charge is 0.225 e. The van der Waals surface area contributed by atoms with Crippen LogP contribution in [0.5, 0.6) is 0 Å². The molecule has 5 heteroatoms. The summed E-state index contributed by atoms with van der Waals surface area (Å²) in [4.78, 5) is 24.4. The van der Waals surface area contributed by atoms with Crippen LogP contribution in [-0.4, -0.2) is 66.5 Å². The fraction of sp³-hybridized carbons (Fsp3) is 0.714. The minimum atomic E-state index is 0.329. The van der Waals surface area contributed by atoms with E-state index in [4.69, 9.17) is 0 Å². The van der Waals surface area contributed by atoms with E-state index in [-0.39, 0.29) is 0 Å². The number of anilines is 1. The van der Waals surface area contributed by atoms with Crippen LogP contribution in [0.4, 0.5) is 5.82 Å². The summed E-state index contributed by atoms with van der Waals surface area (Å²) in [5.74, 6) is 2.52. The predicted molar refractivity (Wildman–Crippen MR) is 104 cm³/mol. The highest BCUT2D eigenvalue weighted by Crippen LogP contribution is 2.29. The minimum absolute atomic E-state index is 0.329. The van der Waals surface area contributed by atoms with Gasteiger partial charge in [-0.25, -0.2) is 4.98 Å². The summed E-state index contributed by atoms with van der Waals surface area (Å²) in [6, 6.07) is 6.14. The lowest BCUT2D eigenvalue weighted by molar-refractivity contribution is -0.137. The summed E-state index contributed by atoms with van der Waals surface area (Å²) >= 11 is 0. The number of pyridine rings is 1. The molecule has 3 heterocycles. The summed E-state index contributed by atoms with van der Waals surface area (Å²) in [5.41, 5.74) is 0. The highest BCUT2D eigenvalue weighted by Gasteiger charge is 2.31. The third kappa shape index (κ3) is 4.20. The SMILES string of the molecule is O=C(C1CCCC1)N1CCCC(CN2CCN(c3ccccn3)CC2)C1. The van der Waals surface area contributed by atoms with E-state index < -0.39 is 0 Å². The second-order valence-corrected chi connectivity index (χ2v) is 8.25. The Kier molecular flexibility index (Phi) is 5.73. The summed E-state index contributed by atoms with van der Waals surface area (Å²) < 4.78 is 0. The zero-order valence-corrected chi connectivity index (χ0v) is 15.9. The van der Waals surface area contributed by atoms with Crippen molar-refractivity contribution in [1.29, 1.82) is 0 Å². The Balaban J connectivity index is 1.25. The van der Waals surface area contributed by atoms with Crippen molar-refractivity contribution in [2.45, 2.75) is 38.5 Å². The second kappa shape index (κ2) is 8.38. The van der Waals surface area contributed by atoms with E-state index >= 15 is 0 Å². The van der Waals surface area contributed by atoms with Gasteiger partial charge in [0.25, 0.3) is 0 Å². The maximum Gasteiger partial charge on any atom is 0.225 e. The number of piperazine rings is 1. The van der Waals surface area contributed by atoms with Crippen molar-refractivity contribution < 1.29 is 4.79 Å². The average molecular weight is 357 g/mol. The average Bonchev–Trinajstić information content (AvgIpc) is 3.24. The molecular weight excluding hydrogens is 324 g/mol. The Morgan fingerprint density at radius 3 is 2.54 bits per heavy atom. The van der Waals surface area contributed by atoms with Crippen LogP contribution in [0.2, 0.25) is 0 Å². The molecule has 2 saturated heterocycles. The molecule has 3 aliphatic rings. The Morgan fingerprint density at radius 2 is 1.81 bits per heavy atom. The van der Waals surface area contributed by atoms with E-state index in [2.05, 4.69) is 31.8 Å². The molecule has 0 bridgehead atoms. The summed E-state index contributed by atoms with van der Waals surface area (Å²) in [6.07, 6.45) is 9.05. The number of carbonyl (C=O) groups is 1. The van der Waals surface area contributed by atoms with E-state index in [0.29, 0.717) is 17.7 Å². The number of nitrogens with zero attached hydrogens (tertiary/aromatic N) is 4. The van der Waals surface area contributed by atoms with Crippen LogP contribution < -0.4 is 4.90 Å². The molecule has 2 aliphatic heterocycles. The summed E-state index contributed by atoms with van der Waals surface area (Å²) in [5, 5.41) is 0. The molecule has 0 N–H and O–H groups in total. The lowest BCUT2D eigenvalue weighted by Crippen LogP contribution is -2.50. The molecule has 4 rings (SSSR count). The van der Waals surface area contributed by atoms with Crippen LogP contribution in [0.15, 0.2) is 24.4 Å². The van der Waals surface area contributed by atoms with Crippen LogP contribution in [0.25, 0.3) is 0 Å². The van der Waals surface area contributed by atoms with Crippen molar-refractivity contribution >= 4 is 11.7 Å². The lowest BCUT2D eigenvalue weighted by atomic mass is 9.95. The molecule has 26 heavy (non-hydrogen) atoms. The Hall–Kier alpha value is -1.62. The van der Waals surface area contributed by atoms with Gasteiger partial charge < -0.3 is 9.80 Å². The van der Waals surface area contributed by atoms with Crippen molar-refractivity contribution in [2.24, 2.45) is 11.8 Å². The van der Waals surface area contributed by atoms with Gasteiger partial charge in [0.05, 0.1) is 0 Å². The number of aromatic nitrogens is 1. The first-order valence-corrected chi connectivity index (χ1v) is 10.5. The van der Waals surface area contributed by atoms with Crippen LogP contribution >= 0.6 is 0 Å². The molecule has 142 valence electrons. The normalized spacial score (nSPS) is 25.6. The highest BCUT2D eigenvalue weighted by atomic mass is 16.2. The summed E-state index contributed by atoms with van der Waals surface area (Å²) in [7, 11) is 0. The molecule has 5 nitrogen and oxygen atoms in total. The monoisotopic (exact) mass is 356 g/mol. The van der Waals surface area contributed by atoms with Crippen molar-refractivity contribution in [3.63, 3.8) is 0 Å². The number of hydrogen-bond acceptors (Lipinski definition) is 4. The molecule has 1 aromatic heterocycles. The van der Waals surface area contributed by atoms with Crippen molar-refractivity contribution in [1.82, 2.24) is 14.8 Å². The number of rotatable bonds is 4. The molecule has 0 radical (unpaired) electrons. The van der Waals surface area contributed by atoms with Gasteiger partial charge in [-0.2, -0.15) is 0 Å². The van der Waals surface area contributed by atoms with Crippen LogP contribution in [0, 0.1) is 11.8 Å². The van der Waals surface area contributed by atoms with Gasteiger partial charge in [0.2, 0.25) is 5.91 Å². The van der Waals surface area contributed by atoms with Gasteiger partial charge in [-0.3, -0.25) is 9.69 Å². The van der Waals surface area contributed by atoms with E-state index in [1.165, 1.54) is 25.7 Å². The van der Waals surface area contributed by atoms with Crippen molar-refractivity contribution in [3.8, 4) is 0 Å². The number of carbonyl (C=O) groups excluding carboxylic acids is 1. The molecule has 1 unspecified atom stereocenters. The lowest BCUT2D eigenvalue weighted by Gasteiger charge is -2.40. The topological polar surface area (TPSA) is 39.7 Å². The molecule has 3 fully saturated rings. The number of amides is 1. The quantitative estimate of drug-likeness (QED) is 0.831. The first-order chi connectivity index (χ1) is 12.8. The van der Waals surface area contributed by atoms with Crippen molar-refractivity contribution in [2.75, 3.05) is 50.7 Å². The number of likely N-dealkylation sites (tertiary alicyclic amines) is 1. The highest BCUT2D eigenvalue weighted by molar-refractivity contribution is 5.79. The third-order valence-corrected chi connectivity index (χ3v) is 6.40. The van der Waals surface area contributed by atoms with E-state index in [9.17, 15) is 4.79 Å². The Bertz CT molecular complexity index is 579. The Morgan fingerprint density at radius 1 is 1.00 bits per heavy atom. The van der Waals surface area contributed by atoms with Gasteiger partial charge in [0, 0.05) is 57.9 Å². The van der Waals surface area contributed by atoms with Crippen LogP contribution in [-0.2, 0) is 4.79 Å². The summed E-state index contributed by atoms with van der Waals surface area (Å²) in [6.45, 7) is 7.41. The van der Waals surface area contributed by atoms with Crippen LogP contribution in [0.1, 0.15) is 38.5 Å². The predicted octanol–water partition coefficient (Wildman–Crippen LogP) is 2.63. The van der Waals surface area contributed by atoms with Gasteiger partial charge in [-0.15, -0.1) is 0 Å².